The number of nitrogens with one attached hydrogen (secondary N) is 1. The normalized spacial score (nSPS) is 27.2. The van der Waals surface area contributed by atoms with Crippen molar-refractivity contribution in [3.8, 4) is 17.2 Å². The largest absolute Gasteiger partial charge is 0.508 e. The number of hydrogen-bond acceptors (Lipinski definition) is 15. The van der Waals surface area contributed by atoms with Crippen molar-refractivity contribution in [2.45, 2.75) is 120 Å². The third kappa shape index (κ3) is 7.70. The topological polar surface area (TPSA) is 244 Å². The molecule has 0 radical (unpaired) electrons. The molecule has 2 aliphatic carbocycles. The minimum absolute atomic E-state index is 0.0387. The van der Waals surface area contributed by atoms with E-state index in [4.69, 9.17) is 18.9 Å². The highest BCUT2D eigenvalue weighted by molar-refractivity contribution is 5.97. The molecule has 4 aliphatic heterocycles. The van der Waals surface area contributed by atoms with Gasteiger partial charge in [0.15, 0.2) is 16.8 Å². The summed E-state index contributed by atoms with van der Waals surface area (Å²) < 4.78 is 13.9. The highest BCUT2D eigenvalue weighted by atomic mass is 17.2. The average molecular weight is 934 g/mol. The SMILES string of the molecule is CCC1C2=CC=NC2=CN1c1c2c(cc3c(=O)cc(C)oc13)C[C@@H](OOC[C@@](O)(Cc1ccc(O)c3ccc(O)cc13)[C@@H](O)[C@H](O)[C@H](O)CO)[C@]1(CC=C[C@@H]([C@@H]3CNC(=O)C34CCCCC4)C1)O2. The molecule has 3 aromatic carbocycles. The maximum absolute atomic E-state index is 13.9. The van der Waals surface area contributed by atoms with Crippen LogP contribution in [-0.4, -0.2) is 109 Å². The van der Waals surface area contributed by atoms with E-state index in [0.29, 0.717) is 75.9 Å². The lowest BCUT2D eigenvalue weighted by Crippen LogP contribution is -2.58. The third-order valence-electron chi connectivity index (χ3n) is 15.7. The second-order valence-corrected chi connectivity index (χ2v) is 19.7. The van der Waals surface area contributed by atoms with Gasteiger partial charge >= 0.3 is 0 Å². The zero-order valence-electron chi connectivity index (χ0n) is 38.1. The number of ether oxygens (including phenoxy) is 1. The summed E-state index contributed by atoms with van der Waals surface area (Å²) in [6, 6.07) is 10.2. The second-order valence-electron chi connectivity index (χ2n) is 19.7. The number of hydrogen-bond donors (Lipinski definition) is 8. The first kappa shape index (κ1) is 46.2. The van der Waals surface area contributed by atoms with Crippen LogP contribution in [0.15, 0.2) is 92.4 Å². The molecule has 4 aromatic rings. The Morgan fingerprint density at radius 1 is 1.03 bits per heavy atom. The van der Waals surface area contributed by atoms with Crippen LogP contribution >= 0.6 is 0 Å². The van der Waals surface area contributed by atoms with Crippen molar-refractivity contribution in [1.82, 2.24) is 5.32 Å². The number of nitrogens with zero attached hydrogens (tertiary/aromatic N) is 2. The number of carbonyl (C=O) groups excluding carboxylic acids is 1. The number of phenols is 2. The van der Waals surface area contributed by atoms with Crippen molar-refractivity contribution in [2.75, 3.05) is 24.7 Å². The highest BCUT2D eigenvalue weighted by Crippen LogP contribution is 2.56. The summed E-state index contributed by atoms with van der Waals surface area (Å²) >= 11 is 0. The van der Waals surface area contributed by atoms with Gasteiger partial charge in [-0.05, 0) is 91.8 Å². The summed E-state index contributed by atoms with van der Waals surface area (Å²) in [5, 5.41) is 80.6. The van der Waals surface area contributed by atoms with Gasteiger partial charge < -0.3 is 55.1 Å². The lowest BCUT2D eigenvalue weighted by atomic mass is 9.60. The minimum Gasteiger partial charge on any atom is -0.508 e. The Labute approximate surface area is 392 Å². The molecule has 5 heterocycles. The monoisotopic (exact) mass is 933 g/mol. The van der Waals surface area contributed by atoms with E-state index in [-0.39, 0.29) is 47.1 Å². The fraction of sp³-hybridized carbons (Fsp3) is 0.481. The van der Waals surface area contributed by atoms with Crippen LogP contribution in [0.3, 0.4) is 0 Å². The van der Waals surface area contributed by atoms with Gasteiger partial charge in [0, 0.05) is 60.8 Å². The Morgan fingerprint density at radius 2 is 1.84 bits per heavy atom. The second kappa shape index (κ2) is 17.7. The summed E-state index contributed by atoms with van der Waals surface area (Å²) in [7, 11) is 0. The Kier molecular flexibility index (Phi) is 12.0. The maximum Gasteiger partial charge on any atom is 0.226 e. The van der Waals surface area contributed by atoms with Gasteiger partial charge in [-0.3, -0.25) is 14.6 Å². The van der Waals surface area contributed by atoms with Crippen LogP contribution in [0.2, 0.25) is 0 Å². The smallest absolute Gasteiger partial charge is 0.226 e. The molecule has 6 aliphatic rings. The predicted octanol–water partition coefficient (Wildman–Crippen LogP) is 4.82. The van der Waals surface area contributed by atoms with E-state index in [1.165, 1.54) is 36.4 Å². The predicted molar refractivity (Wildman–Crippen MR) is 251 cm³/mol. The summed E-state index contributed by atoms with van der Waals surface area (Å²) in [6.07, 6.45) is 8.77. The summed E-state index contributed by atoms with van der Waals surface area (Å²) in [5.74, 6) is 0.623. The van der Waals surface area contributed by atoms with E-state index in [2.05, 4.69) is 34.3 Å². The molecule has 1 aromatic heterocycles. The van der Waals surface area contributed by atoms with E-state index >= 15 is 0 Å². The number of fused-ring (bicyclic) bond motifs is 4. The number of allylic oxidation sites excluding steroid dienone is 2. The number of phenolic OH excluding ortho intramolecular Hbond substituents is 2. The lowest BCUT2D eigenvalue weighted by Gasteiger charge is -2.49. The van der Waals surface area contributed by atoms with Crippen molar-refractivity contribution in [2.24, 2.45) is 22.2 Å². The van der Waals surface area contributed by atoms with Crippen LogP contribution in [0.1, 0.15) is 75.2 Å². The Bertz CT molecular complexity index is 2830. The van der Waals surface area contributed by atoms with Gasteiger partial charge in [-0.15, -0.1) is 0 Å². The number of aryl methyl sites for hydroxylation is 1. The van der Waals surface area contributed by atoms with Crippen LogP contribution in [0.5, 0.6) is 17.2 Å². The Balaban J connectivity index is 1.06. The molecule has 16 heteroatoms. The third-order valence-corrected chi connectivity index (χ3v) is 15.7. The highest BCUT2D eigenvalue weighted by Gasteiger charge is 2.57. The average Bonchev–Trinajstić information content (AvgIpc) is 4.02. The molecule has 10 rings (SSSR count). The van der Waals surface area contributed by atoms with Crippen LogP contribution in [0, 0.1) is 24.2 Å². The molecular formula is C52H59N3O13. The number of carbonyl (C=O) groups is 1. The number of aliphatic hydroxyl groups is 5. The molecule has 1 saturated carbocycles. The zero-order chi connectivity index (χ0) is 47.7. The fourth-order valence-electron chi connectivity index (χ4n) is 12.1. The number of aliphatic hydroxyl groups excluding tert-OH is 4. The van der Waals surface area contributed by atoms with Gasteiger partial charge in [0.05, 0.1) is 29.1 Å². The number of anilines is 1. The van der Waals surface area contributed by atoms with Gasteiger partial charge in [-0.2, -0.15) is 0 Å². The van der Waals surface area contributed by atoms with Crippen molar-refractivity contribution in [3.05, 3.63) is 105 Å². The van der Waals surface area contributed by atoms with Crippen LogP contribution in [0.4, 0.5) is 5.69 Å². The van der Waals surface area contributed by atoms with Gasteiger partial charge in [0.1, 0.15) is 65.2 Å². The lowest BCUT2D eigenvalue weighted by molar-refractivity contribution is -0.373. The standard InChI is InChI=1S/C52H59N3O13/c1-3-39-34-13-17-53-38(34)25-55(39)44-46-31(19-36-41(59)18-28(2)66-47(36)44)20-43(52(67-46)16-7-8-30(23-52)37-24-54-49(63)50(37)14-5-4-6-15-50)68-65-27-51(64,48(62)45(61)42(60)26-56)22-29-9-12-40(58)33-11-10-32(57)21-35(29)33/h7-13,17-19,21,25,30,37,39,42-43,45,48,56-58,60-62,64H,3-6,14-16,20,22-24,26-27H2,1-2H3,(H,54,63)/t30-,37+,39?,42-,43-,45-,48+,51+,52-/m1/s1. The first-order valence-corrected chi connectivity index (χ1v) is 23.8. The molecule has 0 bridgehead atoms. The van der Waals surface area contributed by atoms with E-state index < -0.39 is 60.7 Å². The number of benzene rings is 3. The van der Waals surface area contributed by atoms with Gasteiger partial charge in [0.25, 0.3) is 0 Å². The summed E-state index contributed by atoms with van der Waals surface area (Å²) in [5.41, 5.74) is -0.604. The van der Waals surface area contributed by atoms with E-state index in [9.17, 15) is 45.3 Å². The first-order chi connectivity index (χ1) is 32.7. The maximum atomic E-state index is 13.9. The molecule has 68 heavy (non-hydrogen) atoms. The number of aliphatic imine (C=N–C) groups is 1. The molecule has 8 N–H and O–H groups in total. The van der Waals surface area contributed by atoms with Crippen molar-refractivity contribution >= 4 is 39.6 Å². The molecule has 2 spiro atoms. The van der Waals surface area contributed by atoms with Crippen molar-refractivity contribution in [1.29, 1.82) is 0 Å². The molecule has 1 unspecified atom stereocenters. The molecule has 16 nitrogen and oxygen atoms in total. The Hall–Kier alpha value is -5.59. The fourth-order valence-corrected chi connectivity index (χ4v) is 12.1. The minimum atomic E-state index is -2.42. The van der Waals surface area contributed by atoms with E-state index in [1.807, 2.05) is 12.3 Å². The van der Waals surface area contributed by atoms with Crippen LogP contribution < -0.4 is 20.4 Å². The number of rotatable bonds is 13. The molecule has 1 saturated heterocycles. The van der Waals surface area contributed by atoms with Gasteiger partial charge in [-0.1, -0.05) is 44.4 Å². The van der Waals surface area contributed by atoms with Gasteiger partial charge in [0.2, 0.25) is 5.91 Å². The Morgan fingerprint density at radius 3 is 2.62 bits per heavy atom. The van der Waals surface area contributed by atoms with Gasteiger partial charge in [-0.25, -0.2) is 9.78 Å². The van der Waals surface area contributed by atoms with Crippen LogP contribution in [0.25, 0.3) is 21.7 Å². The molecular weight excluding hydrogens is 875 g/mol. The molecule has 1 amide bonds. The molecule has 9 atom stereocenters. The first-order valence-electron chi connectivity index (χ1n) is 23.8. The molecule has 2 fully saturated rings. The zero-order valence-corrected chi connectivity index (χ0v) is 38.1. The van der Waals surface area contributed by atoms with E-state index in [0.717, 1.165) is 43.4 Å². The quantitative estimate of drug-likeness (QED) is 0.0510. The molecule has 360 valence electrons. The summed E-state index contributed by atoms with van der Waals surface area (Å²) in [6.45, 7) is 2.62. The number of amides is 1. The van der Waals surface area contributed by atoms with Crippen molar-refractivity contribution in [3.63, 3.8) is 0 Å². The summed E-state index contributed by atoms with van der Waals surface area (Å²) in [4.78, 5) is 46.9. The number of aromatic hydroxyl groups is 2. The van der Waals surface area contributed by atoms with Crippen LogP contribution in [-0.2, 0) is 27.4 Å². The van der Waals surface area contributed by atoms with E-state index in [1.54, 1.807) is 19.2 Å². The van der Waals surface area contributed by atoms with Crippen molar-refractivity contribution < 1.29 is 59.5 Å².